The summed E-state index contributed by atoms with van der Waals surface area (Å²) in [7, 11) is 0. The standard InChI is InChI=1S/C14H18N4O/c1-4-18-6-5-13(17-18)16-14(19)15-12-8-10(2)7-11(3)9-12/h5-9H,4H2,1-3H3,(H2,15,16,17,19). The molecule has 0 unspecified atom stereocenters. The van der Waals surface area contributed by atoms with Crippen molar-refractivity contribution in [3.8, 4) is 0 Å². The molecule has 0 saturated carbocycles. The van der Waals surface area contributed by atoms with Gasteiger partial charge in [0, 0.05) is 24.5 Å². The van der Waals surface area contributed by atoms with E-state index in [-0.39, 0.29) is 6.03 Å². The van der Waals surface area contributed by atoms with Crippen LogP contribution in [0.1, 0.15) is 18.1 Å². The van der Waals surface area contributed by atoms with Gasteiger partial charge in [-0.05, 0) is 44.0 Å². The fourth-order valence-electron chi connectivity index (χ4n) is 1.93. The number of hydrogen-bond acceptors (Lipinski definition) is 2. The Morgan fingerprint density at radius 2 is 1.89 bits per heavy atom. The Labute approximate surface area is 112 Å². The third-order valence-corrected chi connectivity index (χ3v) is 2.69. The predicted octanol–water partition coefficient (Wildman–Crippen LogP) is 3.16. The highest BCUT2D eigenvalue weighted by Crippen LogP contribution is 2.14. The summed E-state index contributed by atoms with van der Waals surface area (Å²) in [6.07, 6.45) is 1.83. The maximum absolute atomic E-state index is 11.8. The van der Waals surface area contributed by atoms with Gasteiger partial charge in [0.25, 0.3) is 0 Å². The van der Waals surface area contributed by atoms with E-state index in [0.29, 0.717) is 5.82 Å². The van der Waals surface area contributed by atoms with Crippen molar-refractivity contribution in [3.05, 3.63) is 41.6 Å². The van der Waals surface area contributed by atoms with Gasteiger partial charge in [-0.25, -0.2) is 4.79 Å². The largest absolute Gasteiger partial charge is 0.324 e. The molecule has 2 N–H and O–H groups in total. The molecule has 100 valence electrons. The van der Waals surface area contributed by atoms with E-state index in [1.54, 1.807) is 10.7 Å². The zero-order valence-corrected chi connectivity index (χ0v) is 11.4. The van der Waals surface area contributed by atoms with E-state index < -0.39 is 0 Å². The number of benzene rings is 1. The number of amides is 2. The van der Waals surface area contributed by atoms with Crippen molar-refractivity contribution in [2.75, 3.05) is 10.6 Å². The van der Waals surface area contributed by atoms with Crippen LogP contribution in [0.5, 0.6) is 0 Å². The molecule has 0 aliphatic heterocycles. The van der Waals surface area contributed by atoms with Crippen LogP contribution in [-0.4, -0.2) is 15.8 Å². The van der Waals surface area contributed by atoms with Crippen LogP contribution >= 0.6 is 0 Å². The molecule has 2 amide bonds. The zero-order valence-electron chi connectivity index (χ0n) is 11.4. The molecule has 2 rings (SSSR count). The Morgan fingerprint density at radius 1 is 1.21 bits per heavy atom. The minimum Gasteiger partial charge on any atom is -0.308 e. The van der Waals surface area contributed by atoms with Crippen LogP contribution in [0.15, 0.2) is 30.5 Å². The fourth-order valence-corrected chi connectivity index (χ4v) is 1.93. The number of aryl methyl sites for hydroxylation is 3. The summed E-state index contributed by atoms with van der Waals surface area (Å²) in [6.45, 7) is 6.77. The van der Waals surface area contributed by atoms with E-state index in [0.717, 1.165) is 23.4 Å². The van der Waals surface area contributed by atoms with Gasteiger partial charge in [-0.2, -0.15) is 5.10 Å². The molecule has 1 aromatic heterocycles. The molecule has 19 heavy (non-hydrogen) atoms. The second-order valence-electron chi connectivity index (χ2n) is 4.51. The van der Waals surface area contributed by atoms with Gasteiger partial charge in [-0.1, -0.05) is 6.07 Å². The van der Waals surface area contributed by atoms with E-state index in [1.165, 1.54) is 0 Å². The van der Waals surface area contributed by atoms with Gasteiger partial charge in [0.2, 0.25) is 0 Å². The topological polar surface area (TPSA) is 59.0 Å². The van der Waals surface area contributed by atoms with Crippen molar-refractivity contribution in [1.29, 1.82) is 0 Å². The minimum absolute atomic E-state index is 0.286. The summed E-state index contributed by atoms with van der Waals surface area (Å²) in [6, 6.07) is 7.40. The number of urea groups is 1. The number of carbonyl (C=O) groups is 1. The monoisotopic (exact) mass is 258 g/mol. The summed E-state index contributed by atoms with van der Waals surface area (Å²) >= 11 is 0. The van der Waals surface area contributed by atoms with Gasteiger partial charge < -0.3 is 5.32 Å². The Bertz CT molecular complexity index is 569. The molecule has 0 spiro atoms. The number of aromatic nitrogens is 2. The third-order valence-electron chi connectivity index (χ3n) is 2.69. The SMILES string of the molecule is CCn1ccc(NC(=O)Nc2cc(C)cc(C)c2)n1. The molecule has 5 nitrogen and oxygen atoms in total. The molecule has 1 heterocycles. The number of anilines is 2. The fraction of sp³-hybridized carbons (Fsp3) is 0.286. The summed E-state index contributed by atoms with van der Waals surface area (Å²) in [5, 5.41) is 9.69. The minimum atomic E-state index is -0.286. The van der Waals surface area contributed by atoms with E-state index >= 15 is 0 Å². The van der Waals surface area contributed by atoms with Crippen molar-refractivity contribution in [2.45, 2.75) is 27.3 Å². The smallest absolute Gasteiger partial charge is 0.308 e. The van der Waals surface area contributed by atoms with Crippen LogP contribution in [0.25, 0.3) is 0 Å². The van der Waals surface area contributed by atoms with Crippen LogP contribution in [0.3, 0.4) is 0 Å². The molecular weight excluding hydrogens is 240 g/mol. The molecule has 2 aromatic rings. The first-order valence-corrected chi connectivity index (χ1v) is 6.26. The van der Waals surface area contributed by atoms with Crippen LogP contribution in [0.2, 0.25) is 0 Å². The van der Waals surface area contributed by atoms with Gasteiger partial charge in [-0.3, -0.25) is 10.00 Å². The molecule has 1 aromatic carbocycles. The average Bonchev–Trinajstić information content (AvgIpc) is 2.74. The number of nitrogens with zero attached hydrogens (tertiary/aromatic N) is 2. The molecule has 0 radical (unpaired) electrons. The second kappa shape index (κ2) is 5.56. The van der Waals surface area contributed by atoms with Gasteiger partial charge in [0.1, 0.15) is 0 Å². The van der Waals surface area contributed by atoms with Gasteiger partial charge in [0.05, 0.1) is 0 Å². The van der Waals surface area contributed by atoms with Crippen LogP contribution in [0.4, 0.5) is 16.3 Å². The van der Waals surface area contributed by atoms with Crippen molar-refractivity contribution in [3.63, 3.8) is 0 Å². The van der Waals surface area contributed by atoms with Crippen LogP contribution < -0.4 is 10.6 Å². The average molecular weight is 258 g/mol. The number of hydrogen-bond donors (Lipinski definition) is 2. The van der Waals surface area contributed by atoms with Crippen LogP contribution in [0, 0.1) is 13.8 Å². The van der Waals surface area contributed by atoms with Gasteiger partial charge in [0.15, 0.2) is 5.82 Å². The molecule has 0 fully saturated rings. The first kappa shape index (κ1) is 13.1. The second-order valence-corrected chi connectivity index (χ2v) is 4.51. The van der Waals surface area contributed by atoms with E-state index in [4.69, 9.17) is 0 Å². The molecule has 0 aliphatic carbocycles. The van der Waals surface area contributed by atoms with Crippen molar-refractivity contribution in [2.24, 2.45) is 0 Å². The maximum Gasteiger partial charge on any atom is 0.324 e. The highest BCUT2D eigenvalue weighted by atomic mass is 16.2. The van der Waals surface area contributed by atoms with E-state index in [1.807, 2.05) is 39.1 Å². The van der Waals surface area contributed by atoms with Crippen molar-refractivity contribution in [1.82, 2.24) is 9.78 Å². The highest BCUT2D eigenvalue weighted by Gasteiger charge is 2.05. The molecule has 5 heteroatoms. The number of nitrogens with one attached hydrogen (secondary N) is 2. The summed E-state index contributed by atoms with van der Waals surface area (Å²) in [5.74, 6) is 0.545. The lowest BCUT2D eigenvalue weighted by atomic mass is 10.1. The summed E-state index contributed by atoms with van der Waals surface area (Å²) in [4.78, 5) is 11.8. The summed E-state index contributed by atoms with van der Waals surface area (Å²) < 4.78 is 1.76. The molecule has 0 bridgehead atoms. The normalized spacial score (nSPS) is 10.3. The Morgan fingerprint density at radius 3 is 2.47 bits per heavy atom. The Kier molecular flexibility index (Phi) is 3.85. The number of rotatable bonds is 3. The number of carbonyl (C=O) groups excluding carboxylic acids is 1. The molecule has 0 aliphatic rings. The first-order valence-electron chi connectivity index (χ1n) is 6.26. The zero-order chi connectivity index (χ0) is 13.8. The van der Waals surface area contributed by atoms with E-state index in [2.05, 4.69) is 21.8 Å². The molecular formula is C14H18N4O. The lowest BCUT2D eigenvalue weighted by Gasteiger charge is -2.07. The Balaban J connectivity index is 2.00. The van der Waals surface area contributed by atoms with E-state index in [9.17, 15) is 4.79 Å². The summed E-state index contributed by atoms with van der Waals surface area (Å²) in [5.41, 5.74) is 3.01. The predicted molar refractivity (Wildman–Crippen MR) is 76.5 cm³/mol. The molecule has 0 atom stereocenters. The molecule has 0 saturated heterocycles. The van der Waals surface area contributed by atoms with Crippen molar-refractivity contribution < 1.29 is 4.79 Å². The first-order chi connectivity index (χ1) is 9.06. The highest BCUT2D eigenvalue weighted by molar-refractivity contribution is 5.99. The maximum atomic E-state index is 11.8. The van der Waals surface area contributed by atoms with Gasteiger partial charge in [-0.15, -0.1) is 0 Å². The van der Waals surface area contributed by atoms with Gasteiger partial charge >= 0.3 is 6.03 Å². The van der Waals surface area contributed by atoms with Crippen LogP contribution in [-0.2, 0) is 6.54 Å². The van der Waals surface area contributed by atoms with Crippen molar-refractivity contribution >= 4 is 17.5 Å². The Hall–Kier alpha value is -2.30. The lowest BCUT2D eigenvalue weighted by molar-refractivity contribution is 0.262. The third kappa shape index (κ3) is 3.58. The lowest BCUT2D eigenvalue weighted by Crippen LogP contribution is -2.20. The quantitative estimate of drug-likeness (QED) is 0.888.